The van der Waals surface area contributed by atoms with E-state index in [-0.39, 0.29) is 5.97 Å². The maximum atomic E-state index is 12.5. The van der Waals surface area contributed by atoms with E-state index in [0.717, 1.165) is 21.7 Å². The molecule has 0 bridgehead atoms. The number of nitrogens with zero attached hydrogens (tertiary/aromatic N) is 1. The van der Waals surface area contributed by atoms with Gasteiger partial charge in [0.25, 0.3) is 0 Å². The van der Waals surface area contributed by atoms with Crippen molar-refractivity contribution < 1.29 is 9.53 Å². The molecule has 0 unspecified atom stereocenters. The summed E-state index contributed by atoms with van der Waals surface area (Å²) in [5, 5.41) is 3.08. The summed E-state index contributed by atoms with van der Waals surface area (Å²) in [5.41, 5.74) is 1.59. The zero-order chi connectivity index (χ0) is 15.8. The number of rotatable bonds is 2. The van der Waals surface area contributed by atoms with Crippen molar-refractivity contribution in [3.63, 3.8) is 0 Å². The summed E-state index contributed by atoms with van der Waals surface area (Å²) in [6.45, 7) is 0. The number of carbonyl (C=O) groups excluding carboxylic acids is 1. The van der Waals surface area contributed by atoms with Gasteiger partial charge in [-0.1, -0.05) is 48.5 Å². The van der Waals surface area contributed by atoms with Gasteiger partial charge in [-0.15, -0.1) is 0 Å². The first-order valence-corrected chi connectivity index (χ1v) is 7.47. The van der Waals surface area contributed by atoms with Crippen LogP contribution in [0.5, 0.6) is 5.75 Å². The Morgan fingerprint density at radius 2 is 1.65 bits per heavy atom. The Morgan fingerprint density at radius 3 is 2.52 bits per heavy atom. The van der Waals surface area contributed by atoms with Crippen LogP contribution < -0.4 is 4.74 Å². The second-order valence-electron chi connectivity index (χ2n) is 5.57. The van der Waals surface area contributed by atoms with Gasteiger partial charge in [-0.2, -0.15) is 0 Å². The van der Waals surface area contributed by atoms with Crippen molar-refractivity contribution in [3.05, 3.63) is 78.5 Å². The predicted molar refractivity (Wildman–Crippen MR) is 91.8 cm³/mol. The Bertz CT molecular complexity index is 1030. The Labute approximate surface area is 133 Å². The SMILES string of the molecule is Cn1cc(C(=O)Oc2ccc3ccccc3c2)c2ccccc21. The fourth-order valence-corrected chi connectivity index (χ4v) is 2.90. The monoisotopic (exact) mass is 301 g/mol. The number of aromatic nitrogens is 1. The molecule has 0 amide bonds. The molecule has 0 radical (unpaired) electrons. The molecule has 0 N–H and O–H groups in total. The molecule has 0 fully saturated rings. The number of aryl methyl sites for hydroxylation is 1. The number of fused-ring (bicyclic) bond motifs is 2. The highest BCUT2D eigenvalue weighted by atomic mass is 16.5. The number of ether oxygens (including phenoxy) is 1. The van der Waals surface area contributed by atoms with Crippen LogP contribution in [0.2, 0.25) is 0 Å². The van der Waals surface area contributed by atoms with Crippen molar-refractivity contribution in [3.8, 4) is 5.75 Å². The average molecular weight is 301 g/mol. The molecular formula is C20H15NO2. The van der Waals surface area contributed by atoms with Crippen LogP contribution in [0, 0.1) is 0 Å². The lowest BCUT2D eigenvalue weighted by Crippen LogP contribution is -2.07. The van der Waals surface area contributed by atoms with Crippen LogP contribution in [-0.4, -0.2) is 10.5 Å². The van der Waals surface area contributed by atoms with Gasteiger partial charge >= 0.3 is 5.97 Å². The van der Waals surface area contributed by atoms with Crippen LogP contribution in [-0.2, 0) is 7.05 Å². The highest BCUT2D eigenvalue weighted by Crippen LogP contribution is 2.24. The third-order valence-electron chi connectivity index (χ3n) is 4.05. The minimum absolute atomic E-state index is 0.336. The van der Waals surface area contributed by atoms with Crippen LogP contribution in [0.25, 0.3) is 21.7 Å². The van der Waals surface area contributed by atoms with E-state index in [4.69, 9.17) is 4.74 Å². The zero-order valence-electron chi connectivity index (χ0n) is 12.7. The van der Waals surface area contributed by atoms with Crippen LogP contribution >= 0.6 is 0 Å². The molecule has 3 aromatic carbocycles. The first kappa shape index (κ1) is 13.6. The van der Waals surface area contributed by atoms with Gasteiger partial charge in [0.05, 0.1) is 5.56 Å². The van der Waals surface area contributed by atoms with Crippen molar-refractivity contribution in [1.29, 1.82) is 0 Å². The van der Waals surface area contributed by atoms with E-state index < -0.39 is 0 Å². The number of hydrogen-bond acceptors (Lipinski definition) is 2. The number of carbonyl (C=O) groups is 1. The van der Waals surface area contributed by atoms with Crippen LogP contribution in [0.1, 0.15) is 10.4 Å². The zero-order valence-corrected chi connectivity index (χ0v) is 12.7. The van der Waals surface area contributed by atoms with Gasteiger partial charge < -0.3 is 9.30 Å². The summed E-state index contributed by atoms with van der Waals surface area (Å²) in [5.74, 6) is 0.221. The molecule has 3 heteroatoms. The smallest absolute Gasteiger partial charge is 0.345 e. The van der Waals surface area contributed by atoms with E-state index in [0.29, 0.717) is 11.3 Å². The molecule has 0 saturated heterocycles. The van der Waals surface area contributed by atoms with Crippen molar-refractivity contribution in [2.24, 2.45) is 7.05 Å². The normalized spacial score (nSPS) is 11.0. The minimum atomic E-state index is -0.336. The number of benzene rings is 3. The molecule has 0 atom stereocenters. The molecule has 0 aliphatic carbocycles. The summed E-state index contributed by atoms with van der Waals surface area (Å²) in [6, 6.07) is 21.5. The van der Waals surface area contributed by atoms with Crippen LogP contribution in [0.3, 0.4) is 0 Å². The van der Waals surface area contributed by atoms with Crippen molar-refractivity contribution >= 4 is 27.6 Å². The molecule has 1 aromatic heterocycles. The number of esters is 1. The summed E-state index contributed by atoms with van der Waals surface area (Å²) in [6.07, 6.45) is 1.81. The molecule has 112 valence electrons. The second kappa shape index (κ2) is 5.29. The van der Waals surface area contributed by atoms with Gasteiger partial charge in [0.2, 0.25) is 0 Å². The van der Waals surface area contributed by atoms with Gasteiger partial charge in [-0.05, 0) is 29.0 Å². The fraction of sp³-hybridized carbons (Fsp3) is 0.0500. The first-order chi connectivity index (χ1) is 11.2. The molecule has 0 aliphatic rings. The summed E-state index contributed by atoms with van der Waals surface area (Å²) in [7, 11) is 1.93. The van der Waals surface area contributed by atoms with Crippen LogP contribution in [0.15, 0.2) is 72.9 Å². The number of hydrogen-bond donors (Lipinski definition) is 0. The quantitative estimate of drug-likeness (QED) is 0.402. The minimum Gasteiger partial charge on any atom is -0.423 e. The van der Waals surface area contributed by atoms with Crippen molar-refractivity contribution in [2.45, 2.75) is 0 Å². The van der Waals surface area contributed by atoms with E-state index in [2.05, 4.69) is 0 Å². The summed E-state index contributed by atoms with van der Waals surface area (Å²) >= 11 is 0. The largest absolute Gasteiger partial charge is 0.423 e. The van der Waals surface area contributed by atoms with Gasteiger partial charge in [-0.3, -0.25) is 0 Å². The lowest BCUT2D eigenvalue weighted by molar-refractivity contribution is 0.0737. The van der Waals surface area contributed by atoms with Crippen LogP contribution in [0.4, 0.5) is 0 Å². The van der Waals surface area contributed by atoms with E-state index in [1.807, 2.05) is 84.5 Å². The molecule has 4 aromatic rings. The second-order valence-corrected chi connectivity index (χ2v) is 5.57. The van der Waals surface area contributed by atoms with E-state index in [9.17, 15) is 4.79 Å². The average Bonchev–Trinajstić information content (AvgIpc) is 2.92. The highest BCUT2D eigenvalue weighted by molar-refractivity contribution is 6.05. The van der Waals surface area contributed by atoms with E-state index >= 15 is 0 Å². The van der Waals surface area contributed by atoms with E-state index in [1.54, 1.807) is 0 Å². The predicted octanol–water partition coefficient (Wildman–Crippen LogP) is 4.55. The molecule has 1 heterocycles. The molecular weight excluding hydrogens is 286 g/mol. The summed E-state index contributed by atoms with van der Waals surface area (Å²) in [4.78, 5) is 12.5. The van der Waals surface area contributed by atoms with Gasteiger partial charge in [0, 0.05) is 24.1 Å². The Balaban J connectivity index is 1.70. The molecule has 0 saturated carbocycles. The molecule has 0 aliphatic heterocycles. The molecule has 0 spiro atoms. The Kier molecular flexibility index (Phi) is 3.12. The fourth-order valence-electron chi connectivity index (χ4n) is 2.90. The van der Waals surface area contributed by atoms with E-state index in [1.165, 1.54) is 0 Å². The molecule has 3 nitrogen and oxygen atoms in total. The van der Waals surface area contributed by atoms with Gasteiger partial charge in [0.1, 0.15) is 5.75 Å². The Hall–Kier alpha value is -3.07. The van der Waals surface area contributed by atoms with Gasteiger partial charge in [0.15, 0.2) is 0 Å². The summed E-state index contributed by atoms with van der Waals surface area (Å²) < 4.78 is 7.51. The maximum Gasteiger partial charge on any atom is 0.345 e. The molecule has 23 heavy (non-hydrogen) atoms. The first-order valence-electron chi connectivity index (χ1n) is 7.47. The number of para-hydroxylation sites is 1. The lowest BCUT2D eigenvalue weighted by atomic mass is 10.1. The maximum absolute atomic E-state index is 12.5. The third kappa shape index (κ3) is 2.36. The van der Waals surface area contributed by atoms with Gasteiger partial charge in [-0.25, -0.2) is 4.79 Å². The Morgan fingerprint density at radius 1 is 0.913 bits per heavy atom. The lowest BCUT2D eigenvalue weighted by Gasteiger charge is -2.05. The topological polar surface area (TPSA) is 31.2 Å². The molecule has 4 rings (SSSR count). The van der Waals surface area contributed by atoms with Crippen molar-refractivity contribution in [1.82, 2.24) is 4.57 Å². The third-order valence-corrected chi connectivity index (χ3v) is 4.05. The van der Waals surface area contributed by atoms with Crippen molar-refractivity contribution in [2.75, 3.05) is 0 Å². The standard InChI is InChI=1S/C20H15NO2/c1-21-13-18(17-8-4-5-9-19(17)21)20(22)23-16-11-10-14-6-2-3-7-15(14)12-16/h2-13H,1H3. The highest BCUT2D eigenvalue weighted by Gasteiger charge is 2.15.